The van der Waals surface area contributed by atoms with Crippen LogP contribution in [0.2, 0.25) is 0 Å². The van der Waals surface area contributed by atoms with Gasteiger partial charge in [0.15, 0.2) is 0 Å². The molecule has 1 heterocycles. The van der Waals surface area contributed by atoms with Gasteiger partial charge in [-0.15, -0.1) is 0 Å². The number of rotatable bonds is 6. The Morgan fingerprint density at radius 2 is 2.12 bits per heavy atom. The first-order valence-electron chi connectivity index (χ1n) is 7.12. The Kier molecular flexibility index (Phi) is 5.84. The first-order valence-corrected chi connectivity index (χ1v) is 8.35. The van der Waals surface area contributed by atoms with Crippen molar-refractivity contribution in [1.29, 1.82) is 0 Å². The Bertz CT molecular complexity index is 716. The lowest BCUT2D eigenvalue weighted by atomic mass is 10.1. The highest BCUT2D eigenvalue weighted by molar-refractivity contribution is 8.26. The third kappa shape index (κ3) is 3.54. The van der Waals surface area contributed by atoms with Gasteiger partial charge < -0.3 is 19.4 Å². The molecule has 128 valence electrons. The van der Waals surface area contributed by atoms with E-state index in [0.29, 0.717) is 22.0 Å². The van der Waals surface area contributed by atoms with Crippen LogP contribution in [-0.2, 0) is 9.59 Å². The van der Waals surface area contributed by atoms with Crippen LogP contribution in [0.3, 0.4) is 0 Å². The van der Waals surface area contributed by atoms with Gasteiger partial charge in [0.1, 0.15) is 15.8 Å². The van der Waals surface area contributed by atoms with Crippen LogP contribution >= 0.6 is 24.0 Å². The average molecular weight is 366 g/mol. The molecule has 1 aliphatic rings. The molecule has 0 saturated carbocycles. The normalized spacial score (nSPS) is 17.3. The minimum absolute atomic E-state index is 0.198. The SMILES string of the molecule is CC[C@@H](C(=O)[O-])N1C(=O)/C(=C\c2cc(OC)ccc2OC)SC1=S. The van der Waals surface area contributed by atoms with Crippen molar-refractivity contribution in [2.24, 2.45) is 0 Å². The number of amides is 1. The Labute approximate surface area is 149 Å². The van der Waals surface area contributed by atoms with E-state index in [4.69, 9.17) is 21.7 Å². The van der Waals surface area contributed by atoms with E-state index >= 15 is 0 Å². The van der Waals surface area contributed by atoms with Crippen LogP contribution in [0.15, 0.2) is 23.1 Å². The quantitative estimate of drug-likeness (QED) is 0.557. The molecule has 1 aromatic carbocycles. The second-order valence-corrected chi connectivity index (χ2v) is 6.58. The number of ether oxygens (including phenoxy) is 2. The fourth-order valence-electron chi connectivity index (χ4n) is 2.30. The Morgan fingerprint density at radius 3 is 2.67 bits per heavy atom. The van der Waals surface area contributed by atoms with Crippen molar-refractivity contribution >= 4 is 46.3 Å². The predicted octanol–water partition coefficient (Wildman–Crippen LogP) is 1.43. The topological polar surface area (TPSA) is 78.9 Å². The van der Waals surface area contributed by atoms with Gasteiger partial charge in [0, 0.05) is 5.56 Å². The fraction of sp³-hybridized carbons (Fsp3) is 0.312. The zero-order valence-electron chi connectivity index (χ0n) is 13.4. The van der Waals surface area contributed by atoms with Crippen LogP contribution in [0.25, 0.3) is 6.08 Å². The van der Waals surface area contributed by atoms with Gasteiger partial charge in [0.25, 0.3) is 5.91 Å². The molecule has 1 atom stereocenters. The van der Waals surface area contributed by atoms with Gasteiger partial charge in [-0.25, -0.2) is 0 Å². The summed E-state index contributed by atoms with van der Waals surface area (Å²) in [4.78, 5) is 25.2. The average Bonchev–Trinajstić information content (AvgIpc) is 2.83. The third-order valence-corrected chi connectivity index (χ3v) is 4.85. The molecule has 2 rings (SSSR count). The number of methoxy groups -OCH3 is 2. The molecule has 0 radical (unpaired) electrons. The summed E-state index contributed by atoms with van der Waals surface area (Å²) in [6.45, 7) is 1.66. The van der Waals surface area contributed by atoms with Gasteiger partial charge in [-0.2, -0.15) is 0 Å². The van der Waals surface area contributed by atoms with Crippen molar-refractivity contribution in [1.82, 2.24) is 4.90 Å². The number of benzene rings is 1. The lowest BCUT2D eigenvalue weighted by Gasteiger charge is -2.26. The maximum absolute atomic E-state index is 12.6. The summed E-state index contributed by atoms with van der Waals surface area (Å²) >= 11 is 6.21. The largest absolute Gasteiger partial charge is 0.548 e. The van der Waals surface area contributed by atoms with E-state index < -0.39 is 17.9 Å². The van der Waals surface area contributed by atoms with E-state index in [2.05, 4.69) is 0 Å². The number of nitrogens with zero attached hydrogens (tertiary/aromatic N) is 1. The Balaban J connectivity index is 2.40. The second-order valence-electron chi connectivity index (χ2n) is 4.90. The maximum Gasteiger partial charge on any atom is 0.266 e. The molecule has 1 saturated heterocycles. The second kappa shape index (κ2) is 7.67. The van der Waals surface area contributed by atoms with Crippen molar-refractivity contribution in [2.45, 2.75) is 19.4 Å². The van der Waals surface area contributed by atoms with Gasteiger partial charge in [-0.3, -0.25) is 9.69 Å². The standard InChI is InChI=1S/C16H17NO5S2/c1-4-11(15(19)20)17-14(18)13(24-16(17)23)8-9-7-10(21-2)5-6-12(9)22-3/h5-8,11H,4H2,1-3H3,(H,19,20)/p-1/b13-8+/t11-/m0/s1. The molecule has 8 heteroatoms. The summed E-state index contributed by atoms with van der Waals surface area (Å²) in [5.41, 5.74) is 0.638. The van der Waals surface area contributed by atoms with Crippen molar-refractivity contribution in [3.05, 3.63) is 28.7 Å². The molecular weight excluding hydrogens is 350 g/mol. The zero-order valence-corrected chi connectivity index (χ0v) is 15.0. The minimum atomic E-state index is -1.32. The Morgan fingerprint density at radius 1 is 1.42 bits per heavy atom. The predicted molar refractivity (Wildman–Crippen MR) is 93.6 cm³/mol. The number of aliphatic carboxylic acids is 1. The minimum Gasteiger partial charge on any atom is -0.548 e. The number of thiocarbonyl (C=S) groups is 1. The van der Waals surface area contributed by atoms with E-state index in [-0.39, 0.29) is 10.7 Å². The van der Waals surface area contributed by atoms with Crippen LogP contribution < -0.4 is 14.6 Å². The van der Waals surface area contributed by atoms with Gasteiger partial charge >= 0.3 is 0 Å². The number of carboxylic acids is 1. The number of hydrogen-bond donors (Lipinski definition) is 0. The Hall–Kier alpha value is -2.06. The molecule has 1 amide bonds. The first-order chi connectivity index (χ1) is 11.4. The highest BCUT2D eigenvalue weighted by Gasteiger charge is 2.37. The smallest absolute Gasteiger partial charge is 0.266 e. The number of hydrogen-bond acceptors (Lipinski definition) is 7. The molecule has 1 fully saturated rings. The fourth-order valence-corrected chi connectivity index (χ4v) is 3.64. The van der Waals surface area contributed by atoms with Gasteiger partial charge in [0.2, 0.25) is 0 Å². The number of carbonyl (C=O) groups is 2. The highest BCUT2D eigenvalue weighted by atomic mass is 32.2. The molecule has 1 aromatic rings. The van der Waals surface area contributed by atoms with Crippen molar-refractivity contribution in [2.75, 3.05) is 14.2 Å². The van der Waals surface area contributed by atoms with Crippen LogP contribution in [0.1, 0.15) is 18.9 Å². The molecule has 0 unspecified atom stereocenters. The van der Waals surface area contributed by atoms with Crippen molar-refractivity contribution < 1.29 is 24.2 Å². The number of carboxylic acid groups (broad SMARTS) is 1. The van der Waals surface area contributed by atoms with Crippen LogP contribution in [-0.4, -0.2) is 41.4 Å². The molecule has 6 nitrogen and oxygen atoms in total. The lowest BCUT2D eigenvalue weighted by Crippen LogP contribution is -2.49. The number of carbonyl (C=O) groups excluding carboxylic acids is 2. The van der Waals surface area contributed by atoms with Crippen LogP contribution in [0.4, 0.5) is 0 Å². The molecule has 0 bridgehead atoms. The molecule has 0 aromatic heterocycles. The lowest BCUT2D eigenvalue weighted by molar-refractivity contribution is -0.310. The first kappa shape index (κ1) is 18.3. The molecule has 0 aliphatic carbocycles. The van der Waals surface area contributed by atoms with E-state index in [1.54, 1.807) is 31.2 Å². The molecule has 1 aliphatic heterocycles. The maximum atomic E-state index is 12.6. The highest BCUT2D eigenvalue weighted by Crippen LogP contribution is 2.36. The monoisotopic (exact) mass is 366 g/mol. The van der Waals surface area contributed by atoms with E-state index in [1.807, 2.05) is 0 Å². The van der Waals surface area contributed by atoms with Gasteiger partial charge in [-0.05, 0) is 30.7 Å². The third-order valence-electron chi connectivity index (χ3n) is 3.52. The zero-order chi connectivity index (χ0) is 17.9. The molecule has 24 heavy (non-hydrogen) atoms. The molecule has 0 N–H and O–H groups in total. The van der Waals surface area contributed by atoms with Crippen molar-refractivity contribution in [3.8, 4) is 11.5 Å². The summed E-state index contributed by atoms with van der Waals surface area (Å²) in [6.07, 6.45) is 1.83. The van der Waals surface area contributed by atoms with Crippen LogP contribution in [0, 0.1) is 0 Å². The summed E-state index contributed by atoms with van der Waals surface area (Å²) in [7, 11) is 3.06. The summed E-state index contributed by atoms with van der Waals surface area (Å²) < 4.78 is 10.7. The van der Waals surface area contributed by atoms with E-state index in [1.165, 1.54) is 14.2 Å². The molecular formula is C16H16NO5S2-. The van der Waals surface area contributed by atoms with E-state index in [0.717, 1.165) is 16.7 Å². The summed E-state index contributed by atoms with van der Waals surface area (Å²) in [5.74, 6) is -0.605. The summed E-state index contributed by atoms with van der Waals surface area (Å²) in [5, 5.41) is 11.2. The number of thioether (sulfide) groups is 1. The van der Waals surface area contributed by atoms with E-state index in [9.17, 15) is 14.7 Å². The van der Waals surface area contributed by atoms with Crippen molar-refractivity contribution in [3.63, 3.8) is 0 Å². The van der Waals surface area contributed by atoms with Gasteiger partial charge in [-0.1, -0.05) is 30.9 Å². The van der Waals surface area contributed by atoms with Gasteiger partial charge in [0.05, 0.1) is 31.1 Å². The van der Waals surface area contributed by atoms with Crippen LogP contribution in [0.5, 0.6) is 11.5 Å². The molecule has 0 spiro atoms. The summed E-state index contributed by atoms with van der Waals surface area (Å²) in [6, 6.07) is 4.11.